The largest absolute Gasteiger partial charge is 0.416 e. The van der Waals surface area contributed by atoms with Gasteiger partial charge in [0.15, 0.2) is 0 Å². The Bertz CT molecular complexity index is 558. The molecule has 1 saturated heterocycles. The number of piperazine rings is 1. The SMILES string of the molecule is Cl.Cl.Fc1ccc([C@H](CCC(F)(F)F)N2CCNCC2)c(C(F)(F)F)c1. The molecule has 0 amide bonds. The lowest BCUT2D eigenvalue weighted by molar-refractivity contribution is -0.141. The summed E-state index contributed by atoms with van der Waals surface area (Å²) < 4.78 is 90.6. The molecule has 0 unspecified atom stereocenters. The summed E-state index contributed by atoms with van der Waals surface area (Å²) in [6.45, 7) is 1.62. The summed E-state index contributed by atoms with van der Waals surface area (Å²) in [4.78, 5) is 1.59. The van der Waals surface area contributed by atoms with Crippen LogP contribution in [0, 0.1) is 5.82 Å². The minimum absolute atomic E-state index is 0. The minimum Gasteiger partial charge on any atom is -0.314 e. The first kappa shape index (κ1) is 25.2. The minimum atomic E-state index is -4.83. The molecule has 1 aliphatic heterocycles. The smallest absolute Gasteiger partial charge is 0.314 e. The Kier molecular flexibility index (Phi) is 9.67. The van der Waals surface area contributed by atoms with Gasteiger partial charge in [0.1, 0.15) is 5.82 Å². The summed E-state index contributed by atoms with van der Waals surface area (Å²) in [5.41, 5.74) is -1.52. The van der Waals surface area contributed by atoms with Gasteiger partial charge in [-0.25, -0.2) is 4.39 Å². The highest BCUT2D eigenvalue weighted by atomic mass is 35.5. The maximum Gasteiger partial charge on any atom is 0.416 e. The van der Waals surface area contributed by atoms with E-state index in [9.17, 15) is 30.7 Å². The third-order valence-electron chi connectivity index (χ3n) is 3.97. The summed E-state index contributed by atoms with van der Waals surface area (Å²) in [7, 11) is 0. The lowest BCUT2D eigenvalue weighted by Crippen LogP contribution is -2.45. The first-order valence-electron chi connectivity index (χ1n) is 7.46. The van der Waals surface area contributed by atoms with Crippen molar-refractivity contribution in [1.82, 2.24) is 10.2 Å². The molecule has 152 valence electrons. The molecule has 1 atom stereocenters. The summed E-state index contributed by atoms with van der Waals surface area (Å²) in [6, 6.07) is 1.08. The van der Waals surface area contributed by atoms with Crippen molar-refractivity contribution in [3.63, 3.8) is 0 Å². The zero-order valence-corrected chi connectivity index (χ0v) is 15.1. The van der Waals surface area contributed by atoms with Gasteiger partial charge in [-0.3, -0.25) is 4.90 Å². The highest BCUT2D eigenvalue weighted by molar-refractivity contribution is 5.85. The molecule has 0 aliphatic carbocycles. The molecule has 0 aromatic heterocycles. The second-order valence-electron chi connectivity index (χ2n) is 5.68. The molecule has 1 aromatic rings. The van der Waals surface area contributed by atoms with E-state index in [2.05, 4.69) is 5.32 Å². The molecule has 1 aliphatic rings. The van der Waals surface area contributed by atoms with Crippen molar-refractivity contribution in [3.05, 3.63) is 35.1 Å². The van der Waals surface area contributed by atoms with Gasteiger partial charge in [-0.05, 0) is 24.1 Å². The van der Waals surface area contributed by atoms with Gasteiger partial charge in [0, 0.05) is 38.6 Å². The van der Waals surface area contributed by atoms with E-state index in [1.807, 2.05) is 0 Å². The van der Waals surface area contributed by atoms with Crippen LogP contribution in [-0.4, -0.2) is 37.3 Å². The van der Waals surface area contributed by atoms with Gasteiger partial charge in [0.2, 0.25) is 0 Å². The van der Waals surface area contributed by atoms with Crippen LogP contribution in [0.15, 0.2) is 18.2 Å². The van der Waals surface area contributed by atoms with Crippen LogP contribution in [-0.2, 0) is 6.18 Å². The molecule has 11 heteroatoms. The van der Waals surface area contributed by atoms with Gasteiger partial charge >= 0.3 is 12.4 Å². The van der Waals surface area contributed by atoms with Crippen LogP contribution in [0.5, 0.6) is 0 Å². The van der Waals surface area contributed by atoms with Crippen molar-refractivity contribution in [2.24, 2.45) is 0 Å². The summed E-state index contributed by atoms with van der Waals surface area (Å²) in [5.74, 6) is -1.07. The number of hydrogen-bond donors (Lipinski definition) is 1. The van der Waals surface area contributed by atoms with Gasteiger partial charge in [-0.1, -0.05) is 6.07 Å². The molecule has 2 rings (SSSR count). The molecule has 2 nitrogen and oxygen atoms in total. The average molecular weight is 431 g/mol. The number of alkyl halides is 6. The maximum atomic E-state index is 13.3. The molecule has 1 heterocycles. The first-order chi connectivity index (χ1) is 11.1. The molecule has 0 radical (unpaired) electrons. The van der Waals surface area contributed by atoms with Gasteiger partial charge in [-0.15, -0.1) is 24.8 Å². The fourth-order valence-electron chi connectivity index (χ4n) is 2.89. The molecule has 1 aromatic carbocycles. The molecule has 0 bridgehead atoms. The Hall–Kier alpha value is -0.770. The van der Waals surface area contributed by atoms with E-state index < -0.39 is 42.6 Å². The van der Waals surface area contributed by atoms with Crippen LogP contribution < -0.4 is 5.32 Å². The molecule has 0 spiro atoms. The van der Waals surface area contributed by atoms with E-state index in [4.69, 9.17) is 0 Å². The third-order valence-corrected chi connectivity index (χ3v) is 3.97. The fourth-order valence-corrected chi connectivity index (χ4v) is 2.89. The van der Waals surface area contributed by atoms with Gasteiger partial charge < -0.3 is 5.32 Å². The Labute approximate surface area is 158 Å². The molecule has 1 N–H and O–H groups in total. The number of rotatable bonds is 4. The van der Waals surface area contributed by atoms with Crippen LogP contribution in [0.2, 0.25) is 0 Å². The van der Waals surface area contributed by atoms with E-state index in [1.54, 1.807) is 4.90 Å². The summed E-state index contributed by atoms with van der Waals surface area (Å²) in [6.07, 6.45) is -11.0. The molecule has 26 heavy (non-hydrogen) atoms. The molecule has 0 saturated carbocycles. The monoisotopic (exact) mass is 430 g/mol. The van der Waals surface area contributed by atoms with E-state index in [-0.39, 0.29) is 30.4 Å². The van der Waals surface area contributed by atoms with Crippen molar-refractivity contribution in [3.8, 4) is 0 Å². The lowest BCUT2D eigenvalue weighted by Gasteiger charge is -2.36. The summed E-state index contributed by atoms with van der Waals surface area (Å²) in [5, 5.41) is 3.00. The topological polar surface area (TPSA) is 15.3 Å². The van der Waals surface area contributed by atoms with Gasteiger partial charge in [-0.2, -0.15) is 26.3 Å². The van der Waals surface area contributed by atoms with Crippen LogP contribution in [0.4, 0.5) is 30.7 Å². The van der Waals surface area contributed by atoms with Crippen LogP contribution in [0.3, 0.4) is 0 Å². The predicted molar refractivity (Wildman–Crippen MR) is 88.4 cm³/mol. The number of benzene rings is 1. The van der Waals surface area contributed by atoms with Crippen molar-refractivity contribution in [2.45, 2.75) is 31.2 Å². The Morgan fingerprint density at radius 2 is 1.58 bits per heavy atom. The number of hydrogen-bond acceptors (Lipinski definition) is 2. The number of nitrogens with one attached hydrogen (secondary N) is 1. The second-order valence-corrected chi connectivity index (χ2v) is 5.68. The maximum absolute atomic E-state index is 13.3. The van der Waals surface area contributed by atoms with E-state index in [0.717, 1.165) is 12.1 Å². The van der Waals surface area contributed by atoms with E-state index in [0.29, 0.717) is 32.2 Å². The van der Waals surface area contributed by atoms with Crippen LogP contribution in [0.1, 0.15) is 30.0 Å². The highest BCUT2D eigenvalue weighted by Crippen LogP contribution is 2.39. The Morgan fingerprint density at radius 3 is 2.08 bits per heavy atom. The van der Waals surface area contributed by atoms with E-state index in [1.165, 1.54) is 0 Å². The zero-order chi connectivity index (χ0) is 18.0. The number of nitrogens with zero attached hydrogens (tertiary/aromatic N) is 1. The van der Waals surface area contributed by atoms with Crippen molar-refractivity contribution in [1.29, 1.82) is 0 Å². The Morgan fingerprint density at radius 1 is 1.00 bits per heavy atom. The van der Waals surface area contributed by atoms with Crippen molar-refractivity contribution >= 4 is 24.8 Å². The zero-order valence-electron chi connectivity index (χ0n) is 13.5. The first-order valence-corrected chi connectivity index (χ1v) is 7.46. The summed E-state index contributed by atoms with van der Waals surface area (Å²) >= 11 is 0. The predicted octanol–water partition coefficient (Wildman–Crippen LogP) is 4.98. The highest BCUT2D eigenvalue weighted by Gasteiger charge is 2.38. The van der Waals surface area contributed by atoms with Crippen LogP contribution in [0.25, 0.3) is 0 Å². The fraction of sp³-hybridized carbons (Fsp3) is 0.600. The molecular formula is C15H19Cl2F7N2. The second kappa shape index (κ2) is 9.96. The van der Waals surface area contributed by atoms with Gasteiger partial charge in [0.05, 0.1) is 5.56 Å². The van der Waals surface area contributed by atoms with Crippen molar-refractivity contribution < 1.29 is 30.7 Å². The molecule has 1 fully saturated rings. The number of halogens is 9. The standard InChI is InChI=1S/C15H17F7N2.2ClH/c16-10-1-2-11(12(9-10)15(20,21)22)13(3-4-14(17,18)19)24-7-5-23-6-8-24;;/h1-2,9,13,23H,3-8H2;2*1H/t13-;;/m0../s1. The third kappa shape index (κ3) is 7.09. The quantitative estimate of drug-likeness (QED) is 0.677. The Balaban J connectivity index is 0.00000312. The lowest BCUT2D eigenvalue weighted by atomic mass is 9.94. The normalized spacial score (nSPS) is 17.2. The van der Waals surface area contributed by atoms with Crippen LogP contribution >= 0.6 is 24.8 Å². The van der Waals surface area contributed by atoms with E-state index >= 15 is 0 Å². The molecular weight excluding hydrogens is 412 g/mol. The van der Waals surface area contributed by atoms with Crippen molar-refractivity contribution in [2.75, 3.05) is 26.2 Å². The van der Waals surface area contributed by atoms with Gasteiger partial charge in [0.25, 0.3) is 0 Å². The average Bonchev–Trinajstić information content (AvgIpc) is 2.47.